The molecule has 0 aliphatic carbocycles. The van der Waals surface area contributed by atoms with Crippen molar-refractivity contribution in [2.45, 2.75) is 6.92 Å². The van der Waals surface area contributed by atoms with Gasteiger partial charge in [-0.1, -0.05) is 0 Å². The largest absolute Gasteiger partial charge is 0.349 e. The Bertz CT molecular complexity index is 783. The summed E-state index contributed by atoms with van der Waals surface area (Å²) in [6.07, 6.45) is 0. The number of carbonyl (C=O) groups is 1. The molecule has 25 heavy (non-hydrogen) atoms. The molecule has 0 bridgehead atoms. The van der Waals surface area contributed by atoms with Crippen molar-refractivity contribution in [1.29, 1.82) is 0 Å². The first kappa shape index (κ1) is 18.7. The Morgan fingerprint density at radius 3 is 2.56 bits per heavy atom. The minimum Gasteiger partial charge on any atom is -0.349 e. The summed E-state index contributed by atoms with van der Waals surface area (Å²) in [5, 5.41) is 5.22. The molecule has 0 fully saturated rings. The molecular formula is C16H18F3N5O. The van der Waals surface area contributed by atoms with Crippen LogP contribution in [0.15, 0.2) is 18.2 Å². The van der Waals surface area contributed by atoms with Crippen LogP contribution in [0.5, 0.6) is 0 Å². The van der Waals surface area contributed by atoms with Crippen LogP contribution in [0, 0.1) is 24.4 Å². The summed E-state index contributed by atoms with van der Waals surface area (Å²) < 4.78 is 40.0. The highest BCUT2D eigenvalue weighted by Gasteiger charge is 2.15. The summed E-state index contributed by atoms with van der Waals surface area (Å²) >= 11 is 0. The van der Waals surface area contributed by atoms with Crippen molar-refractivity contribution in [2.75, 3.05) is 32.5 Å². The highest BCUT2D eigenvalue weighted by Crippen LogP contribution is 2.23. The van der Waals surface area contributed by atoms with Crippen LogP contribution in [-0.4, -0.2) is 48.0 Å². The molecule has 2 rings (SSSR count). The molecule has 1 amide bonds. The van der Waals surface area contributed by atoms with Crippen LogP contribution in [0.25, 0.3) is 0 Å². The molecule has 1 aromatic heterocycles. The minimum atomic E-state index is -1.59. The van der Waals surface area contributed by atoms with E-state index in [9.17, 15) is 18.0 Å². The zero-order valence-electron chi connectivity index (χ0n) is 14.0. The van der Waals surface area contributed by atoms with Gasteiger partial charge < -0.3 is 15.5 Å². The zero-order chi connectivity index (χ0) is 18.6. The van der Waals surface area contributed by atoms with Crippen molar-refractivity contribution in [2.24, 2.45) is 0 Å². The van der Waals surface area contributed by atoms with E-state index >= 15 is 0 Å². The van der Waals surface area contributed by atoms with Crippen molar-refractivity contribution in [3.63, 3.8) is 0 Å². The van der Waals surface area contributed by atoms with Gasteiger partial charge in [0.1, 0.15) is 17.3 Å². The van der Waals surface area contributed by atoms with Gasteiger partial charge in [-0.25, -0.2) is 23.1 Å². The molecule has 0 unspecified atom stereocenters. The van der Waals surface area contributed by atoms with Crippen LogP contribution in [-0.2, 0) is 0 Å². The van der Waals surface area contributed by atoms with E-state index in [1.165, 1.54) is 6.07 Å². The number of likely N-dealkylation sites (N-methyl/N-ethyl adjacent to an activating group) is 1. The van der Waals surface area contributed by atoms with Crippen molar-refractivity contribution in [1.82, 2.24) is 20.2 Å². The Morgan fingerprint density at radius 2 is 1.88 bits per heavy atom. The number of carbonyl (C=O) groups excluding carboxylic acids is 1. The maximum atomic E-state index is 13.7. The molecule has 0 spiro atoms. The number of halogens is 3. The lowest BCUT2D eigenvalue weighted by Gasteiger charge is -2.12. The van der Waals surface area contributed by atoms with E-state index in [0.29, 0.717) is 13.1 Å². The summed E-state index contributed by atoms with van der Waals surface area (Å²) in [5.41, 5.74) is -0.215. The van der Waals surface area contributed by atoms with Crippen molar-refractivity contribution in [3.8, 4) is 0 Å². The third-order valence-corrected chi connectivity index (χ3v) is 3.21. The van der Waals surface area contributed by atoms with Gasteiger partial charge in [0.15, 0.2) is 17.5 Å². The first-order chi connectivity index (χ1) is 11.8. The second-order valence-corrected chi connectivity index (χ2v) is 5.59. The van der Waals surface area contributed by atoms with Gasteiger partial charge in [0, 0.05) is 19.2 Å². The average molecular weight is 353 g/mol. The molecule has 0 aliphatic heterocycles. The number of hydrogen-bond donors (Lipinski definition) is 2. The van der Waals surface area contributed by atoms with Gasteiger partial charge in [0.2, 0.25) is 0 Å². The lowest BCUT2D eigenvalue weighted by molar-refractivity contribution is 0.0945. The molecule has 1 aromatic carbocycles. The van der Waals surface area contributed by atoms with Crippen molar-refractivity contribution < 1.29 is 18.0 Å². The van der Waals surface area contributed by atoms with Crippen LogP contribution < -0.4 is 10.6 Å². The SMILES string of the molecule is Cc1nc(Nc2ccc(F)c(F)c2F)cc(C(=O)NCCN(C)C)n1. The normalized spacial score (nSPS) is 10.8. The molecule has 2 N–H and O–H groups in total. The van der Waals surface area contributed by atoms with Gasteiger partial charge in [-0.05, 0) is 33.2 Å². The average Bonchev–Trinajstić information content (AvgIpc) is 2.54. The van der Waals surface area contributed by atoms with E-state index in [-0.39, 0.29) is 23.0 Å². The predicted molar refractivity (Wildman–Crippen MR) is 87.3 cm³/mol. The first-order valence-electron chi connectivity index (χ1n) is 7.47. The molecule has 0 saturated carbocycles. The lowest BCUT2D eigenvalue weighted by Crippen LogP contribution is -2.32. The number of anilines is 2. The van der Waals surface area contributed by atoms with E-state index in [1.54, 1.807) is 6.92 Å². The number of aryl methyl sites for hydroxylation is 1. The minimum absolute atomic E-state index is 0.0803. The van der Waals surface area contributed by atoms with Crippen LogP contribution >= 0.6 is 0 Å². The highest BCUT2D eigenvalue weighted by atomic mass is 19.2. The fourth-order valence-corrected chi connectivity index (χ4v) is 1.99. The third-order valence-electron chi connectivity index (χ3n) is 3.21. The van der Waals surface area contributed by atoms with E-state index in [1.807, 2.05) is 19.0 Å². The molecule has 0 aliphatic rings. The van der Waals surface area contributed by atoms with Gasteiger partial charge >= 0.3 is 0 Å². The first-order valence-corrected chi connectivity index (χ1v) is 7.47. The Hall–Kier alpha value is -2.68. The number of rotatable bonds is 6. The number of nitrogens with one attached hydrogen (secondary N) is 2. The number of aromatic nitrogens is 2. The Balaban J connectivity index is 2.19. The Labute approximate surface area is 143 Å². The number of amides is 1. The topological polar surface area (TPSA) is 70.2 Å². The Morgan fingerprint density at radius 1 is 1.16 bits per heavy atom. The summed E-state index contributed by atoms with van der Waals surface area (Å²) in [7, 11) is 3.75. The summed E-state index contributed by atoms with van der Waals surface area (Å²) in [6.45, 7) is 2.64. The number of nitrogens with zero attached hydrogens (tertiary/aromatic N) is 3. The molecule has 0 radical (unpaired) electrons. The zero-order valence-corrected chi connectivity index (χ0v) is 14.0. The summed E-state index contributed by atoms with van der Waals surface area (Å²) in [6, 6.07) is 3.14. The quantitative estimate of drug-likeness (QED) is 0.780. The van der Waals surface area contributed by atoms with Gasteiger partial charge in [0.05, 0.1) is 5.69 Å². The van der Waals surface area contributed by atoms with E-state index < -0.39 is 23.4 Å². The maximum absolute atomic E-state index is 13.7. The predicted octanol–water partition coefficient (Wildman–Crippen LogP) is 2.24. The van der Waals surface area contributed by atoms with Crippen LogP contribution in [0.1, 0.15) is 16.3 Å². The number of hydrogen-bond acceptors (Lipinski definition) is 5. The fraction of sp³-hybridized carbons (Fsp3) is 0.312. The molecule has 134 valence electrons. The maximum Gasteiger partial charge on any atom is 0.270 e. The van der Waals surface area contributed by atoms with Crippen LogP contribution in [0.4, 0.5) is 24.7 Å². The molecule has 0 saturated heterocycles. The van der Waals surface area contributed by atoms with Gasteiger partial charge in [-0.3, -0.25) is 4.79 Å². The molecule has 9 heteroatoms. The molecule has 1 heterocycles. The van der Waals surface area contributed by atoms with E-state index in [2.05, 4.69) is 20.6 Å². The Kier molecular flexibility index (Phi) is 5.92. The second-order valence-electron chi connectivity index (χ2n) is 5.59. The monoisotopic (exact) mass is 353 g/mol. The second kappa shape index (κ2) is 7.93. The van der Waals surface area contributed by atoms with Crippen molar-refractivity contribution in [3.05, 3.63) is 47.2 Å². The third kappa shape index (κ3) is 4.90. The van der Waals surface area contributed by atoms with Gasteiger partial charge in [0.25, 0.3) is 5.91 Å². The van der Waals surface area contributed by atoms with Gasteiger partial charge in [-0.15, -0.1) is 0 Å². The van der Waals surface area contributed by atoms with E-state index in [4.69, 9.17) is 0 Å². The molecule has 2 aromatic rings. The lowest BCUT2D eigenvalue weighted by atomic mass is 10.2. The number of benzene rings is 1. The standard InChI is InChI=1S/C16H18F3N5O/c1-9-21-12(16(25)20-6-7-24(2)3)8-13(22-9)23-11-5-4-10(17)14(18)15(11)19/h4-5,8H,6-7H2,1-3H3,(H,20,25)(H,21,22,23). The van der Waals surface area contributed by atoms with Gasteiger partial charge in [-0.2, -0.15) is 0 Å². The molecular weight excluding hydrogens is 335 g/mol. The van der Waals surface area contributed by atoms with Crippen LogP contribution in [0.2, 0.25) is 0 Å². The van der Waals surface area contributed by atoms with Crippen LogP contribution in [0.3, 0.4) is 0 Å². The summed E-state index contributed by atoms with van der Waals surface area (Å²) in [5.74, 6) is -4.30. The highest BCUT2D eigenvalue weighted by molar-refractivity contribution is 5.93. The van der Waals surface area contributed by atoms with Crippen molar-refractivity contribution >= 4 is 17.4 Å². The smallest absolute Gasteiger partial charge is 0.270 e. The molecule has 0 atom stereocenters. The molecule has 6 nitrogen and oxygen atoms in total. The fourth-order valence-electron chi connectivity index (χ4n) is 1.99. The van der Waals surface area contributed by atoms with E-state index in [0.717, 1.165) is 12.1 Å². The summed E-state index contributed by atoms with van der Waals surface area (Å²) in [4.78, 5) is 22.1.